The highest BCUT2D eigenvalue weighted by atomic mass is 19.4. The van der Waals surface area contributed by atoms with E-state index < -0.39 is 29.9 Å². The number of aryl methyl sites for hydroxylation is 1. The van der Waals surface area contributed by atoms with Gasteiger partial charge in [0.15, 0.2) is 5.82 Å². The summed E-state index contributed by atoms with van der Waals surface area (Å²) in [5.74, 6) is -1.50. The van der Waals surface area contributed by atoms with Crippen molar-refractivity contribution in [2.45, 2.75) is 56.5 Å². The van der Waals surface area contributed by atoms with Crippen LogP contribution in [0.1, 0.15) is 38.4 Å². The van der Waals surface area contributed by atoms with Crippen LogP contribution in [0.4, 0.5) is 13.2 Å². The first kappa shape index (κ1) is 18.7. The number of amides is 1. The lowest BCUT2D eigenvalue weighted by Crippen LogP contribution is -2.50. The predicted octanol–water partition coefficient (Wildman–Crippen LogP) is 1.63. The average molecular weight is 349 g/mol. The highest BCUT2D eigenvalue weighted by molar-refractivity contribution is 5.77. The summed E-state index contributed by atoms with van der Waals surface area (Å²) < 4.78 is 46.8. The second-order valence-electron chi connectivity index (χ2n) is 6.03. The summed E-state index contributed by atoms with van der Waals surface area (Å²) in [7, 11) is 1.33. The molecule has 6 nitrogen and oxygen atoms in total. The van der Waals surface area contributed by atoms with Gasteiger partial charge < -0.3 is 19.7 Å². The van der Waals surface area contributed by atoms with Crippen molar-refractivity contribution in [2.75, 3.05) is 6.61 Å². The van der Waals surface area contributed by atoms with Gasteiger partial charge in [0.1, 0.15) is 0 Å². The maximum absolute atomic E-state index is 13.4. The minimum Gasteiger partial charge on any atom is -0.376 e. The molecule has 1 aliphatic heterocycles. The van der Waals surface area contributed by atoms with E-state index in [0.29, 0.717) is 13.0 Å². The van der Waals surface area contributed by atoms with Gasteiger partial charge in [-0.1, -0.05) is 6.92 Å². The molecule has 0 spiro atoms. The molecule has 136 valence electrons. The Morgan fingerprint density at radius 3 is 2.75 bits per heavy atom. The van der Waals surface area contributed by atoms with Gasteiger partial charge in [-0.3, -0.25) is 4.79 Å². The van der Waals surface area contributed by atoms with Crippen molar-refractivity contribution in [3.63, 3.8) is 0 Å². The summed E-state index contributed by atoms with van der Waals surface area (Å²) in [5.41, 5.74) is -3.34. The monoisotopic (exact) mass is 349 g/mol. The molecule has 0 saturated carbocycles. The van der Waals surface area contributed by atoms with E-state index >= 15 is 0 Å². The summed E-state index contributed by atoms with van der Waals surface area (Å²) in [5, 5.41) is 12.8. The first-order valence-corrected chi connectivity index (χ1v) is 7.87. The molecule has 0 aromatic carbocycles. The standard InChI is InChI=1S/C15H22F3N3O3/c1-3-10(11-5-4-8-24-11)20-12(22)9-14(23,15(16,17)18)13-19-6-7-21(13)2/h6-7,10-11,23H,3-5,8-9H2,1-2H3,(H,20,22). The molecule has 1 amide bonds. The number of nitrogens with zero attached hydrogens (tertiary/aromatic N) is 2. The largest absolute Gasteiger partial charge is 0.425 e. The highest BCUT2D eigenvalue weighted by Gasteiger charge is 2.58. The Morgan fingerprint density at radius 1 is 1.58 bits per heavy atom. The Morgan fingerprint density at radius 2 is 2.29 bits per heavy atom. The first-order valence-electron chi connectivity index (χ1n) is 7.87. The fourth-order valence-electron chi connectivity index (χ4n) is 2.94. The normalized spacial score (nSPS) is 22.2. The van der Waals surface area contributed by atoms with Crippen LogP contribution in [0, 0.1) is 0 Å². The zero-order chi connectivity index (χ0) is 18.0. The molecule has 1 aromatic rings. The lowest BCUT2D eigenvalue weighted by molar-refractivity contribution is -0.271. The minimum atomic E-state index is -5.03. The van der Waals surface area contributed by atoms with Crippen LogP contribution in [0.2, 0.25) is 0 Å². The number of halogens is 3. The van der Waals surface area contributed by atoms with E-state index in [2.05, 4.69) is 10.3 Å². The van der Waals surface area contributed by atoms with Crippen LogP contribution in [0.15, 0.2) is 12.4 Å². The number of alkyl halides is 3. The maximum atomic E-state index is 13.4. The molecule has 2 N–H and O–H groups in total. The molecule has 2 heterocycles. The van der Waals surface area contributed by atoms with E-state index in [1.165, 1.54) is 13.2 Å². The zero-order valence-corrected chi connectivity index (χ0v) is 13.6. The van der Waals surface area contributed by atoms with Crippen molar-refractivity contribution in [3.05, 3.63) is 18.2 Å². The van der Waals surface area contributed by atoms with Crippen molar-refractivity contribution in [2.24, 2.45) is 7.05 Å². The van der Waals surface area contributed by atoms with Crippen molar-refractivity contribution < 1.29 is 27.8 Å². The van der Waals surface area contributed by atoms with E-state index in [0.717, 1.165) is 23.6 Å². The second kappa shape index (κ2) is 7.10. The molecule has 3 atom stereocenters. The van der Waals surface area contributed by atoms with Gasteiger partial charge in [0.25, 0.3) is 0 Å². The smallest absolute Gasteiger partial charge is 0.376 e. The molecular formula is C15H22F3N3O3. The lowest BCUT2D eigenvalue weighted by Gasteiger charge is -2.30. The fourth-order valence-corrected chi connectivity index (χ4v) is 2.94. The molecule has 1 fully saturated rings. The van der Waals surface area contributed by atoms with Gasteiger partial charge in [0.05, 0.1) is 18.6 Å². The zero-order valence-electron chi connectivity index (χ0n) is 13.6. The molecule has 2 rings (SSSR count). The Kier molecular flexibility index (Phi) is 5.54. The van der Waals surface area contributed by atoms with E-state index in [4.69, 9.17) is 4.74 Å². The molecule has 1 aromatic heterocycles. The van der Waals surface area contributed by atoms with Crippen LogP contribution in [0.5, 0.6) is 0 Å². The average Bonchev–Trinajstić information content (AvgIpc) is 3.14. The Labute approximate surface area is 138 Å². The van der Waals surface area contributed by atoms with Gasteiger partial charge in [-0.2, -0.15) is 13.2 Å². The van der Waals surface area contributed by atoms with Crippen LogP contribution in [-0.2, 0) is 22.2 Å². The lowest BCUT2D eigenvalue weighted by atomic mass is 9.96. The third-order valence-electron chi connectivity index (χ3n) is 4.28. The Balaban J connectivity index is 2.15. The Hall–Kier alpha value is -1.61. The molecule has 0 bridgehead atoms. The van der Waals surface area contributed by atoms with Gasteiger partial charge >= 0.3 is 6.18 Å². The molecule has 1 saturated heterocycles. The summed E-state index contributed by atoms with van der Waals surface area (Å²) >= 11 is 0. The first-order chi connectivity index (χ1) is 11.2. The van der Waals surface area contributed by atoms with E-state index in [9.17, 15) is 23.1 Å². The number of hydrogen-bond acceptors (Lipinski definition) is 4. The van der Waals surface area contributed by atoms with Crippen LogP contribution >= 0.6 is 0 Å². The molecule has 24 heavy (non-hydrogen) atoms. The SMILES string of the molecule is CCC(NC(=O)CC(O)(c1nccn1C)C(F)(F)F)C1CCCO1. The van der Waals surface area contributed by atoms with Crippen LogP contribution < -0.4 is 5.32 Å². The number of rotatable bonds is 6. The second-order valence-corrected chi connectivity index (χ2v) is 6.03. The van der Waals surface area contributed by atoms with E-state index in [1.54, 1.807) is 0 Å². The van der Waals surface area contributed by atoms with Gasteiger partial charge in [-0.05, 0) is 19.3 Å². The van der Waals surface area contributed by atoms with Gasteiger partial charge in [0, 0.05) is 26.0 Å². The van der Waals surface area contributed by atoms with Crippen molar-refractivity contribution >= 4 is 5.91 Å². The molecule has 3 unspecified atom stereocenters. The molecule has 1 aliphatic rings. The Bertz CT molecular complexity index is 570. The number of hydrogen-bond donors (Lipinski definition) is 2. The van der Waals surface area contributed by atoms with Gasteiger partial charge in [-0.25, -0.2) is 4.98 Å². The van der Waals surface area contributed by atoms with Gasteiger partial charge in [0.2, 0.25) is 11.5 Å². The number of imidazole rings is 1. The number of nitrogens with one attached hydrogen (secondary N) is 1. The highest BCUT2D eigenvalue weighted by Crippen LogP contribution is 2.40. The van der Waals surface area contributed by atoms with Crippen LogP contribution in [-0.4, -0.2) is 45.5 Å². The predicted molar refractivity (Wildman–Crippen MR) is 79.0 cm³/mol. The number of ether oxygens (including phenoxy) is 1. The molecule has 0 radical (unpaired) electrons. The van der Waals surface area contributed by atoms with Crippen LogP contribution in [0.25, 0.3) is 0 Å². The van der Waals surface area contributed by atoms with Crippen molar-refractivity contribution in [3.8, 4) is 0 Å². The third-order valence-corrected chi connectivity index (χ3v) is 4.28. The van der Waals surface area contributed by atoms with E-state index in [-0.39, 0.29) is 12.1 Å². The number of carbonyl (C=O) groups is 1. The topological polar surface area (TPSA) is 76.4 Å². The van der Waals surface area contributed by atoms with E-state index in [1.807, 2.05) is 6.92 Å². The number of carbonyl (C=O) groups excluding carboxylic acids is 1. The summed E-state index contributed by atoms with van der Waals surface area (Å²) in [4.78, 5) is 15.7. The molecule has 0 aliphatic carbocycles. The number of aliphatic hydroxyl groups is 1. The fraction of sp³-hybridized carbons (Fsp3) is 0.733. The number of aromatic nitrogens is 2. The van der Waals surface area contributed by atoms with Gasteiger partial charge in [-0.15, -0.1) is 0 Å². The molecular weight excluding hydrogens is 327 g/mol. The molecule has 9 heteroatoms. The summed E-state index contributed by atoms with van der Waals surface area (Å²) in [6.07, 6.45) is -1.82. The minimum absolute atomic E-state index is 0.203. The van der Waals surface area contributed by atoms with Crippen molar-refractivity contribution in [1.29, 1.82) is 0 Å². The van der Waals surface area contributed by atoms with Crippen molar-refractivity contribution in [1.82, 2.24) is 14.9 Å². The maximum Gasteiger partial charge on any atom is 0.425 e. The quantitative estimate of drug-likeness (QED) is 0.819. The third kappa shape index (κ3) is 3.72. The summed E-state index contributed by atoms with van der Waals surface area (Å²) in [6, 6.07) is -0.376. The summed E-state index contributed by atoms with van der Waals surface area (Å²) in [6.45, 7) is 2.40. The van der Waals surface area contributed by atoms with Crippen LogP contribution in [0.3, 0.4) is 0 Å².